The first-order chi connectivity index (χ1) is 12.9. The minimum Gasteiger partial charge on any atom is -0.330 e. The number of carbonyl (C=O) groups is 1. The highest BCUT2D eigenvalue weighted by atomic mass is 19.1. The molecule has 0 unspecified atom stereocenters. The fourth-order valence-corrected chi connectivity index (χ4v) is 2.95. The van der Waals surface area contributed by atoms with Crippen molar-refractivity contribution < 1.29 is 9.18 Å². The van der Waals surface area contributed by atoms with Crippen LogP contribution in [0.15, 0.2) is 29.1 Å². The summed E-state index contributed by atoms with van der Waals surface area (Å²) >= 11 is 0. The van der Waals surface area contributed by atoms with Gasteiger partial charge in [0.1, 0.15) is 18.2 Å². The van der Waals surface area contributed by atoms with Crippen molar-refractivity contribution in [3.63, 3.8) is 0 Å². The van der Waals surface area contributed by atoms with Crippen LogP contribution < -0.4 is 5.56 Å². The van der Waals surface area contributed by atoms with Crippen molar-refractivity contribution in [2.24, 2.45) is 7.05 Å². The summed E-state index contributed by atoms with van der Waals surface area (Å²) in [5.74, 6) is 0.314. The number of nitrogens with zero attached hydrogens (tertiary/aromatic N) is 7. The lowest BCUT2D eigenvalue weighted by molar-refractivity contribution is -0.132. The first kappa shape index (κ1) is 17.0. The maximum atomic E-state index is 13.0. The fourth-order valence-electron chi connectivity index (χ4n) is 2.95. The van der Waals surface area contributed by atoms with Gasteiger partial charge in [-0.25, -0.2) is 9.37 Å². The molecule has 10 heteroatoms. The lowest BCUT2D eigenvalue weighted by Crippen LogP contribution is -2.31. The average molecular weight is 369 g/mol. The maximum absolute atomic E-state index is 13.0. The van der Waals surface area contributed by atoms with Crippen LogP contribution in [0.5, 0.6) is 0 Å². The molecular formula is C17H16FN7O2. The molecule has 0 aliphatic carbocycles. The van der Waals surface area contributed by atoms with Gasteiger partial charge < -0.3 is 4.90 Å². The summed E-state index contributed by atoms with van der Waals surface area (Å²) in [6, 6.07) is 5.69. The van der Waals surface area contributed by atoms with Crippen molar-refractivity contribution in [3.05, 3.63) is 57.5 Å². The molecule has 0 radical (unpaired) electrons. The molecule has 0 fully saturated rings. The van der Waals surface area contributed by atoms with E-state index in [1.807, 2.05) is 0 Å². The third kappa shape index (κ3) is 3.09. The van der Waals surface area contributed by atoms with E-state index >= 15 is 0 Å². The van der Waals surface area contributed by atoms with Crippen LogP contribution in [0.25, 0.3) is 11.4 Å². The third-order valence-corrected chi connectivity index (χ3v) is 4.57. The molecule has 2 aromatic heterocycles. The van der Waals surface area contributed by atoms with Crippen molar-refractivity contribution in [1.82, 2.24) is 34.7 Å². The van der Waals surface area contributed by atoms with Gasteiger partial charge in [-0.1, -0.05) is 0 Å². The van der Waals surface area contributed by atoms with Gasteiger partial charge in [0.2, 0.25) is 11.7 Å². The number of carbonyl (C=O) groups excluding carboxylic acids is 1. The Morgan fingerprint density at radius 1 is 1.22 bits per heavy atom. The second kappa shape index (κ2) is 6.38. The number of rotatable bonds is 3. The number of aryl methyl sites for hydroxylation is 1. The number of hydrogen-bond donors (Lipinski definition) is 0. The van der Waals surface area contributed by atoms with Crippen LogP contribution >= 0.6 is 0 Å². The second-order valence-corrected chi connectivity index (χ2v) is 6.35. The summed E-state index contributed by atoms with van der Waals surface area (Å²) in [5, 5.41) is 11.9. The molecule has 27 heavy (non-hydrogen) atoms. The quantitative estimate of drug-likeness (QED) is 0.664. The molecule has 1 aliphatic heterocycles. The molecule has 1 aromatic carbocycles. The first-order valence-corrected chi connectivity index (χ1v) is 8.29. The highest BCUT2D eigenvalue weighted by Crippen LogP contribution is 2.19. The van der Waals surface area contributed by atoms with E-state index in [0.717, 1.165) is 0 Å². The number of aromatic nitrogens is 6. The molecule has 1 amide bonds. The van der Waals surface area contributed by atoms with Gasteiger partial charge in [-0.15, -0.1) is 10.2 Å². The minimum atomic E-state index is -0.357. The Hall–Kier alpha value is -3.43. The van der Waals surface area contributed by atoms with E-state index in [-0.39, 0.29) is 36.9 Å². The summed E-state index contributed by atoms with van der Waals surface area (Å²) in [6.07, 6.45) is 0. The Bertz CT molecular complexity index is 1090. The number of tetrazole rings is 1. The Morgan fingerprint density at radius 3 is 2.70 bits per heavy atom. The largest absolute Gasteiger partial charge is 0.330 e. The van der Waals surface area contributed by atoms with E-state index in [1.165, 1.54) is 21.5 Å². The molecule has 9 nitrogen and oxygen atoms in total. The van der Waals surface area contributed by atoms with Gasteiger partial charge in [-0.05, 0) is 36.4 Å². The maximum Gasteiger partial charge on any atom is 0.258 e. The van der Waals surface area contributed by atoms with Crippen LogP contribution in [-0.2, 0) is 31.5 Å². The van der Waals surface area contributed by atoms with Crippen LogP contribution in [0, 0.1) is 12.7 Å². The number of halogens is 1. The summed E-state index contributed by atoms with van der Waals surface area (Å²) in [5.41, 5.74) is 1.63. The number of fused-ring (bicyclic) bond motifs is 1. The number of amides is 1. The first-order valence-electron chi connectivity index (χ1n) is 8.29. The van der Waals surface area contributed by atoms with Gasteiger partial charge in [-0.3, -0.25) is 14.2 Å². The molecule has 1 aliphatic rings. The van der Waals surface area contributed by atoms with Gasteiger partial charge >= 0.3 is 0 Å². The fraction of sp³-hybridized carbons (Fsp3) is 0.294. The van der Waals surface area contributed by atoms with E-state index in [2.05, 4.69) is 20.4 Å². The normalized spacial score (nSPS) is 13.1. The highest BCUT2D eigenvalue weighted by molar-refractivity contribution is 5.76. The standard InChI is InChI=1S/C17H16FN7O2/c1-10-19-14-8-24(7-13(14)17(27)23(10)2)15(26)9-25-21-16(20-22-25)11-3-5-12(18)6-4-11/h3-6H,7-9H2,1-2H3. The van der Waals surface area contributed by atoms with Crippen molar-refractivity contribution in [2.75, 3.05) is 0 Å². The summed E-state index contributed by atoms with van der Waals surface area (Å²) in [4.78, 5) is 32.0. The smallest absolute Gasteiger partial charge is 0.258 e. The Balaban J connectivity index is 1.48. The highest BCUT2D eigenvalue weighted by Gasteiger charge is 2.28. The van der Waals surface area contributed by atoms with Crippen LogP contribution in [0.2, 0.25) is 0 Å². The molecule has 0 spiro atoms. The van der Waals surface area contributed by atoms with Gasteiger partial charge in [0, 0.05) is 12.6 Å². The molecule has 4 rings (SSSR count). The lowest BCUT2D eigenvalue weighted by atomic mass is 10.2. The topological polar surface area (TPSA) is 98.8 Å². The SMILES string of the molecule is Cc1nc2c(c(=O)n1C)CN(C(=O)Cn1nnc(-c3ccc(F)cc3)n1)C2. The zero-order valence-electron chi connectivity index (χ0n) is 14.8. The Kier molecular flexibility index (Phi) is 4.02. The summed E-state index contributed by atoms with van der Waals surface area (Å²) in [6.45, 7) is 2.14. The van der Waals surface area contributed by atoms with Gasteiger partial charge in [-0.2, -0.15) is 4.80 Å². The van der Waals surface area contributed by atoms with Crippen molar-refractivity contribution in [1.29, 1.82) is 0 Å². The molecular weight excluding hydrogens is 353 g/mol. The second-order valence-electron chi connectivity index (χ2n) is 6.35. The van der Waals surface area contributed by atoms with E-state index in [9.17, 15) is 14.0 Å². The zero-order valence-corrected chi connectivity index (χ0v) is 14.8. The molecule has 3 aromatic rings. The van der Waals surface area contributed by atoms with Crippen LogP contribution in [0.4, 0.5) is 4.39 Å². The van der Waals surface area contributed by atoms with Crippen LogP contribution in [-0.4, -0.2) is 40.6 Å². The molecule has 0 atom stereocenters. The average Bonchev–Trinajstić information content (AvgIpc) is 3.28. The Labute approximate surface area is 153 Å². The molecule has 0 N–H and O–H groups in total. The molecule has 3 heterocycles. The van der Waals surface area contributed by atoms with Gasteiger partial charge in [0.15, 0.2) is 0 Å². The van der Waals surface area contributed by atoms with E-state index < -0.39 is 0 Å². The third-order valence-electron chi connectivity index (χ3n) is 4.57. The van der Waals surface area contributed by atoms with Crippen molar-refractivity contribution >= 4 is 5.91 Å². The minimum absolute atomic E-state index is 0.110. The Morgan fingerprint density at radius 2 is 1.96 bits per heavy atom. The molecule has 0 saturated heterocycles. The van der Waals surface area contributed by atoms with Crippen LogP contribution in [0.3, 0.4) is 0 Å². The van der Waals surface area contributed by atoms with Gasteiger partial charge in [0.25, 0.3) is 5.56 Å². The lowest BCUT2D eigenvalue weighted by Gasteiger charge is -2.13. The van der Waals surface area contributed by atoms with Crippen LogP contribution in [0.1, 0.15) is 17.1 Å². The van der Waals surface area contributed by atoms with E-state index in [4.69, 9.17) is 0 Å². The van der Waals surface area contributed by atoms with Crippen molar-refractivity contribution in [3.8, 4) is 11.4 Å². The molecule has 0 saturated carbocycles. The molecule has 138 valence electrons. The molecule has 0 bridgehead atoms. The predicted molar refractivity (Wildman–Crippen MR) is 91.7 cm³/mol. The zero-order chi connectivity index (χ0) is 19.1. The number of benzene rings is 1. The monoisotopic (exact) mass is 369 g/mol. The predicted octanol–water partition coefficient (Wildman–Crippen LogP) is 0.424. The number of hydrogen-bond acceptors (Lipinski definition) is 6. The summed E-state index contributed by atoms with van der Waals surface area (Å²) < 4.78 is 14.5. The van der Waals surface area contributed by atoms with E-state index in [0.29, 0.717) is 28.5 Å². The van der Waals surface area contributed by atoms with Crippen molar-refractivity contribution in [2.45, 2.75) is 26.6 Å². The van der Waals surface area contributed by atoms with E-state index in [1.54, 1.807) is 31.0 Å². The van der Waals surface area contributed by atoms with Gasteiger partial charge in [0.05, 0.1) is 24.3 Å². The summed E-state index contributed by atoms with van der Waals surface area (Å²) in [7, 11) is 1.66.